The molecule has 2 fully saturated rings. The van der Waals surface area contributed by atoms with Crippen molar-refractivity contribution in [2.45, 2.75) is 50.0 Å². The molecule has 0 spiro atoms. The number of carbonyl (C=O) groups is 1. The van der Waals surface area contributed by atoms with E-state index >= 15 is 0 Å². The minimum atomic E-state index is -3.87. The molecule has 2 bridgehead atoms. The number of nitrogens with one attached hydrogen (secondary N) is 1. The number of amides is 1. The summed E-state index contributed by atoms with van der Waals surface area (Å²) in [7, 11) is -3.87. The van der Waals surface area contributed by atoms with Crippen molar-refractivity contribution in [1.82, 2.24) is 10.2 Å². The standard InChI is InChI=1S/C17H20N2O6S/c1-10-3-5-12(6-4-10)26(21,22)23-9-14-13-7-15(24-14)19-8-11(2)16(20)18-17(19)25-13/h3-6,8,13-15,17H,7,9H2,1-2H3,(H,18,20)/t13-,14+,15+,17?/m0/s1. The van der Waals surface area contributed by atoms with Crippen molar-refractivity contribution in [3.8, 4) is 0 Å². The van der Waals surface area contributed by atoms with Crippen LogP contribution in [0.15, 0.2) is 40.9 Å². The molecule has 1 aromatic carbocycles. The third kappa shape index (κ3) is 3.11. The van der Waals surface area contributed by atoms with Gasteiger partial charge in [0.2, 0.25) is 6.35 Å². The second kappa shape index (κ2) is 6.34. The Labute approximate surface area is 151 Å². The number of hydrogen-bond donors (Lipinski definition) is 1. The summed E-state index contributed by atoms with van der Waals surface area (Å²) < 4.78 is 41.6. The molecule has 0 radical (unpaired) electrons. The molecule has 1 aromatic rings. The molecule has 8 nitrogen and oxygen atoms in total. The van der Waals surface area contributed by atoms with Crippen LogP contribution >= 0.6 is 0 Å². The number of ether oxygens (including phenoxy) is 2. The zero-order valence-electron chi connectivity index (χ0n) is 14.4. The lowest BCUT2D eigenvalue weighted by Crippen LogP contribution is -2.58. The third-order valence-electron chi connectivity index (χ3n) is 4.74. The van der Waals surface area contributed by atoms with Gasteiger partial charge in [0.15, 0.2) is 0 Å². The monoisotopic (exact) mass is 380 g/mol. The highest BCUT2D eigenvalue weighted by Gasteiger charge is 2.48. The van der Waals surface area contributed by atoms with Gasteiger partial charge in [-0.05, 0) is 26.0 Å². The van der Waals surface area contributed by atoms with E-state index in [0.29, 0.717) is 12.0 Å². The Bertz CT molecular complexity index is 851. The van der Waals surface area contributed by atoms with Gasteiger partial charge in [-0.2, -0.15) is 8.42 Å². The zero-order valence-corrected chi connectivity index (χ0v) is 15.2. The van der Waals surface area contributed by atoms with Gasteiger partial charge in [0.25, 0.3) is 16.0 Å². The fraction of sp³-hybridized carbons (Fsp3) is 0.471. The summed E-state index contributed by atoms with van der Waals surface area (Å²) in [4.78, 5) is 13.7. The third-order valence-corrected chi connectivity index (χ3v) is 6.04. The Kier molecular flexibility index (Phi) is 4.26. The first-order valence-electron chi connectivity index (χ1n) is 8.37. The van der Waals surface area contributed by atoms with Crippen LogP contribution < -0.4 is 5.32 Å². The molecular weight excluding hydrogens is 360 g/mol. The van der Waals surface area contributed by atoms with Crippen molar-refractivity contribution in [3.05, 3.63) is 41.6 Å². The molecular formula is C17H20N2O6S. The second-order valence-electron chi connectivity index (χ2n) is 6.68. The Morgan fingerprint density at radius 3 is 2.69 bits per heavy atom. The van der Waals surface area contributed by atoms with Gasteiger partial charge in [0, 0.05) is 18.2 Å². The molecule has 0 aliphatic carbocycles. The molecule has 26 heavy (non-hydrogen) atoms. The summed E-state index contributed by atoms with van der Waals surface area (Å²) in [5.74, 6) is -0.192. The lowest BCUT2D eigenvalue weighted by molar-refractivity contribution is -0.163. The summed E-state index contributed by atoms with van der Waals surface area (Å²) in [5, 5.41) is 2.75. The molecule has 140 valence electrons. The minimum absolute atomic E-state index is 0.105. The maximum atomic E-state index is 12.3. The van der Waals surface area contributed by atoms with E-state index in [9.17, 15) is 13.2 Å². The molecule has 2 saturated heterocycles. The molecule has 3 aliphatic rings. The van der Waals surface area contributed by atoms with Gasteiger partial charge in [0.05, 0.1) is 17.6 Å². The molecule has 1 amide bonds. The minimum Gasteiger partial charge on any atom is -0.350 e. The van der Waals surface area contributed by atoms with Gasteiger partial charge < -0.3 is 19.7 Å². The second-order valence-corrected chi connectivity index (χ2v) is 8.29. The Morgan fingerprint density at radius 2 is 1.96 bits per heavy atom. The van der Waals surface area contributed by atoms with Gasteiger partial charge in [-0.15, -0.1) is 0 Å². The highest BCUT2D eigenvalue weighted by molar-refractivity contribution is 7.86. The van der Waals surface area contributed by atoms with Crippen molar-refractivity contribution in [1.29, 1.82) is 0 Å². The fourth-order valence-electron chi connectivity index (χ4n) is 3.26. The van der Waals surface area contributed by atoms with Crippen molar-refractivity contribution < 1.29 is 26.9 Å². The van der Waals surface area contributed by atoms with Gasteiger partial charge in [-0.1, -0.05) is 17.7 Å². The predicted molar refractivity (Wildman–Crippen MR) is 90.0 cm³/mol. The largest absolute Gasteiger partial charge is 0.350 e. The smallest absolute Gasteiger partial charge is 0.297 e. The van der Waals surface area contributed by atoms with E-state index in [4.69, 9.17) is 13.7 Å². The van der Waals surface area contributed by atoms with Crippen molar-refractivity contribution in [2.75, 3.05) is 6.61 Å². The number of hydrogen-bond acceptors (Lipinski definition) is 7. The van der Waals surface area contributed by atoms with Crippen LogP contribution in [0.2, 0.25) is 0 Å². The summed E-state index contributed by atoms with van der Waals surface area (Å²) in [6.45, 7) is 3.45. The van der Waals surface area contributed by atoms with Crippen LogP contribution in [0.4, 0.5) is 0 Å². The van der Waals surface area contributed by atoms with Crippen LogP contribution in [0.5, 0.6) is 0 Å². The van der Waals surface area contributed by atoms with E-state index in [0.717, 1.165) is 5.56 Å². The average Bonchev–Trinajstić information content (AvgIpc) is 2.93. The van der Waals surface area contributed by atoms with Crippen LogP contribution in [-0.2, 0) is 28.6 Å². The fourth-order valence-corrected chi connectivity index (χ4v) is 4.18. The number of rotatable bonds is 4. The molecule has 0 saturated carbocycles. The number of aryl methyl sites for hydroxylation is 1. The first-order chi connectivity index (χ1) is 12.3. The lowest BCUT2D eigenvalue weighted by Gasteiger charge is -2.41. The average molecular weight is 380 g/mol. The number of fused-ring (bicyclic) bond motifs is 4. The van der Waals surface area contributed by atoms with Crippen LogP contribution in [-0.4, -0.2) is 50.6 Å². The highest BCUT2D eigenvalue weighted by Crippen LogP contribution is 2.35. The van der Waals surface area contributed by atoms with Gasteiger partial charge >= 0.3 is 0 Å². The molecule has 1 N–H and O–H groups in total. The summed E-state index contributed by atoms with van der Waals surface area (Å²) in [6, 6.07) is 6.46. The summed E-state index contributed by atoms with van der Waals surface area (Å²) in [6.07, 6.45) is 0.516. The van der Waals surface area contributed by atoms with Crippen molar-refractivity contribution in [2.24, 2.45) is 0 Å². The number of benzene rings is 1. The molecule has 3 aliphatic heterocycles. The van der Waals surface area contributed by atoms with E-state index in [2.05, 4.69) is 5.32 Å². The maximum Gasteiger partial charge on any atom is 0.297 e. The quantitative estimate of drug-likeness (QED) is 0.774. The van der Waals surface area contributed by atoms with Crippen LogP contribution in [0.25, 0.3) is 0 Å². The number of nitrogens with zero attached hydrogens (tertiary/aromatic N) is 1. The van der Waals surface area contributed by atoms with E-state index < -0.39 is 22.6 Å². The first kappa shape index (κ1) is 17.5. The SMILES string of the molecule is CC1=CN2C(NC1=O)O[C@H]1C[C@H]2O[C@@H]1COS(=O)(=O)c1ccc(C)cc1. The molecule has 1 unspecified atom stereocenters. The Hall–Kier alpha value is -1.94. The van der Waals surface area contributed by atoms with Crippen LogP contribution in [0.3, 0.4) is 0 Å². The van der Waals surface area contributed by atoms with Crippen LogP contribution in [0.1, 0.15) is 18.9 Å². The molecule has 4 atom stereocenters. The van der Waals surface area contributed by atoms with E-state index in [1.165, 1.54) is 12.1 Å². The van der Waals surface area contributed by atoms with E-state index in [1.54, 1.807) is 30.2 Å². The molecule has 3 heterocycles. The summed E-state index contributed by atoms with van der Waals surface area (Å²) in [5.41, 5.74) is 1.53. The number of carbonyl (C=O) groups excluding carboxylic acids is 1. The van der Waals surface area contributed by atoms with E-state index in [1.807, 2.05) is 6.92 Å². The van der Waals surface area contributed by atoms with Gasteiger partial charge in [0.1, 0.15) is 12.3 Å². The normalized spacial score (nSPS) is 30.6. The summed E-state index contributed by atoms with van der Waals surface area (Å²) >= 11 is 0. The lowest BCUT2D eigenvalue weighted by atomic mass is 10.1. The first-order valence-corrected chi connectivity index (χ1v) is 9.78. The van der Waals surface area contributed by atoms with Crippen molar-refractivity contribution in [3.63, 3.8) is 0 Å². The Morgan fingerprint density at radius 1 is 1.23 bits per heavy atom. The highest BCUT2D eigenvalue weighted by atomic mass is 32.2. The van der Waals surface area contributed by atoms with Gasteiger partial charge in [-0.3, -0.25) is 8.98 Å². The predicted octanol–water partition coefficient (Wildman–Crippen LogP) is 0.833. The molecule has 0 aromatic heterocycles. The zero-order chi connectivity index (χ0) is 18.5. The van der Waals surface area contributed by atoms with Crippen molar-refractivity contribution >= 4 is 16.0 Å². The topological polar surface area (TPSA) is 94.2 Å². The Balaban J connectivity index is 1.43. The van der Waals surface area contributed by atoms with Gasteiger partial charge in [-0.25, -0.2) is 0 Å². The van der Waals surface area contributed by atoms with E-state index in [-0.39, 0.29) is 29.7 Å². The molecule has 4 rings (SSSR count). The maximum absolute atomic E-state index is 12.3. The van der Waals surface area contributed by atoms with Crippen LogP contribution in [0, 0.1) is 6.92 Å². The molecule has 9 heteroatoms.